The van der Waals surface area contributed by atoms with Gasteiger partial charge in [-0.15, -0.1) is 0 Å². The Bertz CT molecular complexity index is 505. The SMILES string of the molecule is Cc1cc(F)ccc1Cn1cc(Br)c(I)n1. The number of benzene rings is 1. The van der Waals surface area contributed by atoms with Crippen LogP contribution in [0, 0.1) is 16.4 Å². The molecule has 0 amide bonds. The van der Waals surface area contributed by atoms with Crippen LogP contribution in [0.25, 0.3) is 0 Å². The molecule has 2 aromatic rings. The summed E-state index contributed by atoms with van der Waals surface area (Å²) >= 11 is 5.57. The molecule has 0 aliphatic rings. The van der Waals surface area contributed by atoms with E-state index in [9.17, 15) is 4.39 Å². The van der Waals surface area contributed by atoms with Gasteiger partial charge in [0.05, 0.1) is 11.0 Å². The molecule has 0 N–H and O–H groups in total. The van der Waals surface area contributed by atoms with Crippen molar-refractivity contribution in [1.82, 2.24) is 9.78 Å². The van der Waals surface area contributed by atoms with Crippen molar-refractivity contribution in [2.24, 2.45) is 0 Å². The maximum Gasteiger partial charge on any atom is 0.137 e. The van der Waals surface area contributed by atoms with E-state index in [4.69, 9.17) is 0 Å². The predicted octanol–water partition coefficient (Wildman–Crippen LogP) is 3.75. The third-order valence-corrected chi connectivity index (χ3v) is 4.43. The first-order valence-electron chi connectivity index (χ1n) is 4.70. The minimum Gasteiger partial charge on any atom is -0.266 e. The van der Waals surface area contributed by atoms with Crippen LogP contribution in [-0.2, 0) is 6.54 Å². The van der Waals surface area contributed by atoms with Crippen molar-refractivity contribution in [2.75, 3.05) is 0 Å². The number of hydrogen-bond acceptors (Lipinski definition) is 1. The topological polar surface area (TPSA) is 17.8 Å². The van der Waals surface area contributed by atoms with Gasteiger partial charge in [0.1, 0.15) is 9.52 Å². The molecule has 0 aliphatic carbocycles. The Morgan fingerprint density at radius 2 is 2.25 bits per heavy atom. The van der Waals surface area contributed by atoms with E-state index in [-0.39, 0.29) is 5.82 Å². The van der Waals surface area contributed by atoms with Crippen molar-refractivity contribution in [1.29, 1.82) is 0 Å². The van der Waals surface area contributed by atoms with Gasteiger partial charge in [-0.2, -0.15) is 5.10 Å². The number of aryl methyl sites for hydroxylation is 1. The van der Waals surface area contributed by atoms with Gasteiger partial charge < -0.3 is 0 Å². The highest BCUT2D eigenvalue weighted by Gasteiger charge is 2.05. The van der Waals surface area contributed by atoms with E-state index in [0.29, 0.717) is 6.54 Å². The van der Waals surface area contributed by atoms with E-state index in [1.165, 1.54) is 6.07 Å². The van der Waals surface area contributed by atoms with Crippen LogP contribution in [0.3, 0.4) is 0 Å². The summed E-state index contributed by atoms with van der Waals surface area (Å²) in [6.45, 7) is 2.57. The molecule has 0 saturated carbocycles. The molecule has 0 spiro atoms. The molecule has 1 aromatic carbocycles. The van der Waals surface area contributed by atoms with Gasteiger partial charge in [-0.1, -0.05) is 6.07 Å². The largest absolute Gasteiger partial charge is 0.266 e. The second-order valence-electron chi connectivity index (χ2n) is 3.54. The van der Waals surface area contributed by atoms with Crippen LogP contribution < -0.4 is 0 Å². The quantitative estimate of drug-likeness (QED) is 0.709. The summed E-state index contributed by atoms with van der Waals surface area (Å²) in [4.78, 5) is 0. The zero-order valence-corrected chi connectivity index (χ0v) is 12.3. The molecule has 0 saturated heterocycles. The molecule has 1 aromatic heterocycles. The van der Waals surface area contributed by atoms with E-state index in [1.807, 2.05) is 17.8 Å². The second kappa shape index (κ2) is 4.83. The molecule has 0 atom stereocenters. The summed E-state index contributed by atoms with van der Waals surface area (Å²) in [5.74, 6) is -0.197. The average Bonchev–Trinajstić information content (AvgIpc) is 2.51. The Balaban J connectivity index is 2.27. The summed E-state index contributed by atoms with van der Waals surface area (Å²) in [7, 11) is 0. The van der Waals surface area contributed by atoms with Crippen molar-refractivity contribution in [3.63, 3.8) is 0 Å². The van der Waals surface area contributed by atoms with Crippen molar-refractivity contribution < 1.29 is 4.39 Å². The average molecular weight is 395 g/mol. The molecular weight excluding hydrogens is 386 g/mol. The van der Waals surface area contributed by atoms with Crippen LogP contribution >= 0.6 is 38.5 Å². The molecule has 0 bridgehead atoms. The molecule has 16 heavy (non-hydrogen) atoms. The smallest absolute Gasteiger partial charge is 0.137 e. The first-order valence-corrected chi connectivity index (χ1v) is 6.57. The summed E-state index contributed by atoms with van der Waals surface area (Å²) < 4.78 is 16.7. The van der Waals surface area contributed by atoms with Crippen molar-refractivity contribution in [2.45, 2.75) is 13.5 Å². The van der Waals surface area contributed by atoms with Crippen molar-refractivity contribution >= 4 is 38.5 Å². The minimum atomic E-state index is -0.197. The van der Waals surface area contributed by atoms with E-state index >= 15 is 0 Å². The van der Waals surface area contributed by atoms with Crippen LogP contribution in [0.15, 0.2) is 28.9 Å². The van der Waals surface area contributed by atoms with Gasteiger partial charge in [0.15, 0.2) is 0 Å². The Labute approximate surface area is 115 Å². The minimum absolute atomic E-state index is 0.197. The monoisotopic (exact) mass is 394 g/mol. The lowest BCUT2D eigenvalue weighted by Gasteiger charge is -2.05. The normalized spacial score (nSPS) is 10.8. The van der Waals surface area contributed by atoms with Gasteiger partial charge in [-0.25, -0.2) is 4.39 Å². The molecule has 2 rings (SSSR count). The van der Waals surface area contributed by atoms with E-state index in [0.717, 1.165) is 19.3 Å². The zero-order valence-electron chi connectivity index (χ0n) is 8.54. The van der Waals surface area contributed by atoms with Crippen LogP contribution in [0.4, 0.5) is 4.39 Å². The maximum absolute atomic E-state index is 12.9. The summed E-state index contributed by atoms with van der Waals surface area (Å²) in [6, 6.07) is 4.82. The third-order valence-electron chi connectivity index (χ3n) is 2.31. The second-order valence-corrected chi connectivity index (χ2v) is 5.41. The van der Waals surface area contributed by atoms with Crippen molar-refractivity contribution in [3.8, 4) is 0 Å². The molecule has 0 aliphatic heterocycles. The van der Waals surface area contributed by atoms with E-state index in [2.05, 4.69) is 43.6 Å². The third kappa shape index (κ3) is 2.63. The molecule has 1 heterocycles. The molecule has 0 fully saturated rings. The highest BCUT2D eigenvalue weighted by molar-refractivity contribution is 14.1. The van der Waals surface area contributed by atoms with Crippen LogP contribution in [0.1, 0.15) is 11.1 Å². The van der Waals surface area contributed by atoms with E-state index in [1.54, 1.807) is 12.1 Å². The number of aromatic nitrogens is 2. The van der Waals surface area contributed by atoms with Gasteiger partial charge in [0.25, 0.3) is 0 Å². The summed E-state index contributed by atoms with van der Waals surface area (Å²) in [6.07, 6.45) is 1.92. The Kier molecular flexibility index (Phi) is 3.63. The van der Waals surface area contributed by atoms with Gasteiger partial charge in [0.2, 0.25) is 0 Å². The number of halogens is 3. The molecular formula is C11H9BrFIN2. The number of nitrogens with zero attached hydrogens (tertiary/aromatic N) is 2. The Morgan fingerprint density at radius 1 is 1.50 bits per heavy atom. The summed E-state index contributed by atoms with van der Waals surface area (Å²) in [5, 5.41) is 4.33. The molecule has 5 heteroatoms. The standard InChI is InChI=1S/C11H9BrFIN2/c1-7-4-9(13)3-2-8(7)5-16-6-10(12)11(14)15-16/h2-4,6H,5H2,1H3. The Morgan fingerprint density at radius 3 is 2.81 bits per heavy atom. The lowest BCUT2D eigenvalue weighted by atomic mass is 10.1. The van der Waals surface area contributed by atoms with Gasteiger partial charge >= 0.3 is 0 Å². The molecule has 0 radical (unpaired) electrons. The zero-order chi connectivity index (χ0) is 11.7. The fourth-order valence-corrected chi connectivity index (χ4v) is 2.20. The van der Waals surface area contributed by atoms with Gasteiger partial charge in [0, 0.05) is 6.20 Å². The fraction of sp³-hybridized carbons (Fsp3) is 0.182. The lowest BCUT2D eigenvalue weighted by molar-refractivity contribution is 0.622. The van der Waals surface area contributed by atoms with Gasteiger partial charge in [-0.05, 0) is 68.7 Å². The highest BCUT2D eigenvalue weighted by atomic mass is 127. The highest BCUT2D eigenvalue weighted by Crippen LogP contribution is 2.18. The summed E-state index contributed by atoms with van der Waals surface area (Å²) in [5.41, 5.74) is 2.02. The fourth-order valence-electron chi connectivity index (χ4n) is 1.47. The molecule has 84 valence electrons. The number of rotatable bonds is 2. The maximum atomic E-state index is 12.9. The van der Waals surface area contributed by atoms with Crippen molar-refractivity contribution in [3.05, 3.63) is 49.5 Å². The van der Waals surface area contributed by atoms with E-state index < -0.39 is 0 Å². The van der Waals surface area contributed by atoms with Crippen LogP contribution in [-0.4, -0.2) is 9.78 Å². The predicted molar refractivity (Wildman–Crippen MR) is 72.9 cm³/mol. The first-order chi connectivity index (χ1) is 7.56. The molecule has 2 nitrogen and oxygen atoms in total. The Hall–Kier alpha value is -0.430. The van der Waals surface area contributed by atoms with Crippen LogP contribution in [0.5, 0.6) is 0 Å². The first kappa shape index (κ1) is 12.0. The number of hydrogen-bond donors (Lipinski definition) is 0. The van der Waals surface area contributed by atoms with Crippen LogP contribution in [0.2, 0.25) is 0 Å². The molecule has 0 unspecified atom stereocenters. The lowest BCUT2D eigenvalue weighted by Crippen LogP contribution is -2.02. The van der Waals surface area contributed by atoms with Gasteiger partial charge in [-0.3, -0.25) is 4.68 Å².